The number of carbonyl (C=O) groups excluding carboxylic acids is 1. The first-order valence-corrected chi connectivity index (χ1v) is 7.96. The molecule has 1 fully saturated rings. The summed E-state index contributed by atoms with van der Waals surface area (Å²) in [7, 11) is -1.59. The fraction of sp³-hybridized carbons (Fsp3) is 0.417. The average molecular weight is 304 g/mol. The Labute approximate surface area is 116 Å². The van der Waals surface area contributed by atoms with Crippen LogP contribution in [0.4, 0.5) is 5.69 Å². The molecular formula is C12H14ClNO4S. The molecule has 1 amide bonds. The van der Waals surface area contributed by atoms with Crippen molar-refractivity contribution in [3.8, 4) is 5.75 Å². The number of rotatable bonds is 3. The van der Waals surface area contributed by atoms with Crippen LogP contribution in [0.3, 0.4) is 0 Å². The molecular weight excluding hydrogens is 290 g/mol. The largest absolute Gasteiger partial charge is 0.495 e. The summed E-state index contributed by atoms with van der Waals surface area (Å²) in [6.45, 7) is 0. The standard InChI is InChI=1S/C12H14ClNO4S/c1-18-11-3-2-9(13)6-10(11)14-12(15)8-4-5-19(16,17)7-8/h2-3,6,8H,4-5,7H2,1H3,(H,14,15)/t8-/m1/s1. The molecule has 0 aromatic heterocycles. The topological polar surface area (TPSA) is 72.5 Å². The molecule has 1 saturated heterocycles. The van der Waals surface area contributed by atoms with Crippen molar-refractivity contribution in [2.24, 2.45) is 5.92 Å². The van der Waals surface area contributed by atoms with Gasteiger partial charge in [-0.3, -0.25) is 4.79 Å². The van der Waals surface area contributed by atoms with Crippen LogP contribution in [0.1, 0.15) is 6.42 Å². The number of halogens is 1. The summed E-state index contributed by atoms with van der Waals surface area (Å²) in [6, 6.07) is 4.86. The van der Waals surface area contributed by atoms with Crippen molar-refractivity contribution < 1.29 is 17.9 Å². The molecule has 1 aliphatic rings. The van der Waals surface area contributed by atoms with E-state index < -0.39 is 15.8 Å². The number of ether oxygens (including phenoxy) is 1. The molecule has 0 bridgehead atoms. The van der Waals surface area contributed by atoms with Crippen molar-refractivity contribution in [2.75, 3.05) is 23.9 Å². The molecule has 1 N–H and O–H groups in total. The number of hydrogen-bond donors (Lipinski definition) is 1. The van der Waals surface area contributed by atoms with Gasteiger partial charge in [-0.1, -0.05) is 11.6 Å². The van der Waals surface area contributed by atoms with Crippen LogP contribution in [0.15, 0.2) is 18.2 Å². The van der Waals surface area contributed by atoms with Gasteiger partial charge in [0.2, 0.25) is 5.91 Å². The van der Waals surface area contributed by atoms with Crippen molar-refractivity contribution in [1.82, 2.24) is 0 Å². The van der Waals surface area contributed by atoms with Crippen molar-refractivity contribution in [3.05, 3.63) is 23.2 Å². The van der Waals surface area contributed by atoms with Gasteiger partial charge >= 0.3 is 0 Å². The van der Waals surface area contributed by atoms with Gasteiger partial charge in [0, 0.05) is 5.02 Å². The molecule has 0 aliphatic carbocycles. The first kappa shape index (κ1) is 14.1. The van der Waals surface area contributed by atoms with Crippen LogP contribution in [0.25, 0.3) is 0 Å². The van der Waals surface area contributed by atoms with Crippen molar-refractivity contribution in [1.29, 1.82) is 0 Å². The number of amides is 1. The van der Waals surface area contributed by atoms with Gasteiger partial charge < -0.3 is 10.1 Å². The number of hydrogen-bond acceptors (Lipinski definition) is 4. The van der Waals surface area contributed by atoms with Gasteiger partial charge in [0.1, 0.15) is 5.75 Å². The zero-order valence-electron chi connectivity index (χ0n) is 10.3. The van der Waals surface area contributed by atoms with E-state index in [0.717, 1.165) is 0 Å². The number of anilines is 1. The minimum Gasteiger partial charge on any atom is -0.495 e. The number of benzene rings is 1. The third-order valence-corrected chi connectivity index (χ3v) is 5.03. The van der Waals surface area contributed by atoms with E-state index in [9.17, 15) is 13.2 Å². The minimum atomic E-state index is -3.07. The van der Waals surface area contributed by atoms with Gasteiger partial charge in [-0.15, -0.1) is 0 Å². The Hall–Kier alpha value is -1.27. The highest BCUT2D eigenvalue weighted by Crippen LogP contribution is 2.29. The molecule has 1 aliphatic heterocycles. The van der Waals surface area contributed by atoms with E-state index in [2.05, 4.69) is 5.32 Å². The van der Waals surface area contributed by atoms with Crippen molar-refractivity contribution in [2.45, 2.75) is 6.42 Å². The summed E-state index contributed by atoms with van der Waals surface area (Å²) >= 11 is 5.86. The quantitative estimate of drug-likeness (QED) is 0.923. The summed E-state index contributed by atoms with van der Waals surface area (Å²) in [6.07, 6.45) is 0.358. The highest BCUT2D eigenvalue weighted by atomic mass is 35.5. The number of carbonyl (C=O) groups is 1. The molecule has 2 rings (SSSR count). The summed E-state index contributed by atoms with van der Waals surface area (Å²) in [5.74, 6) is -0.367. The average Bonchev–Trinajstić information content (AvgIpc) is 2.70. The molecule has 0 unspecified atom stereocenters. The van der Waals surface area contributed by atoms with E-state index in [0.29, 0.717) is 22.9 Å². The van der Waals surface area contributed by atoms with E-state index in [4.69, 9.17) is 16.3 Å². The maximum atomic E-state index is 12.0. The Kier molecular flexibility index (Phi) is 4.01. The van der Waals surface area contributed by atoms with Crippen molar-refractivity contribution in [3.63, 3.8) is 0 Å². The van der Waals surface area contributed by atoms with Gasteiger partial charge in [0.05, 0.1) is 30.2 Å². The monoisotopic (exact) mass is 303 g/mol. The first-order valence-electron chi connectivity index (χ1n) is 5.76. The third kappa shape index (κ3) is 3.39. The predicted molar refractivity (Wildman–Crippen MR) is 73.4 cm³/mol. The van der Waals surface area contributed by atoms with Crippen LogP contribution in [-0.4, -0.2) is 32.9 Å². The van der Waals surface area contributed by atoms with Gasteiger partial charge in [0.25, 0.3) is 0 Å². The Morgan fingerprint density at radius 3 is 2.79 bits per heavy atom. The second-order valence-corrected chi connectivity index (χ2v) is 7.10. The summed E-state index contributed by atoms with van der Waals surface area (Å²) in [5.41, 5.74) is 0.448. The van der Waals surface area contributed by atoms with Crippen molar-refractivity contribution >= 4 is 33.0 Å². The molecule has 1 aromatic carbocycles. The smallest absolute Gasteiger partial charge is 0.228 e. The Balaban J connectivity index is 2.13. The molecule has 0 saturated carbocycles. The molecule has 1 atom stereocenters. The lowest BCUT2D eigenvalue weighted by atomic mass is 10.1. The molecule has 0 spiro atoms. The second-order valence-electron chi connectivity index (χ2n) is 4.43. The fourth-order valence-corrected chi connectivity index (χ4v) is 3.93. The predicted octanol–water partition coefficient (Wildman–Crippen LogP) is 1.72. The van der Waals surface area contributed by atoms with E-state index in [1.807, 2.05) is 0 Å². The Bertz CT molecular complexity index is 600. The van der Waals surface area contributed by atoms with E-state index in [-0.39, 0.29) is 17.4 Å². The summed E-state index contributed by atoms with van der Waals surface area (Å²) in [5, 5.41) is 3.14. The lowest BCUT2D eigenvalue weighted by Crippen LogP contribution is -2.23. The van der Waals surface area contributed by atoms with Gasteiger partial charge in [-0.2, -0.15) is 0 Å². The normalized spacial score (nSPS) is 21.1. The zero-order valence-corrected chi connectivity index (χ0v) is 11.9. The molecule has 1 heterocycles. The first-order chi connectivity index (χ1) is 8.91. The van der Waals surface area contributed by atoms with E-state index >= 15 is 0 Å². The summed E-state index contributed by atoms with van der Waals surface area (Å²) < 4.78 is 27.8. The lowest BCUT2D eigenvalue weighted by Gasteiger charge is -2.13. The SMILES string of the molecule is COc1ccc(Cl)cc1NC(=O)[C@@H]1CCS(=O)(=O)C1. The van der Waals surface area contributed by atoms with Gasteiger partial charge in [0.15, 0.2) is 9.84 Å². The van der Waals surface area contributed by atoms with Crippen LogP contribution in [-0.2, 0) is 14.6 Å². The molecule has 7 heteroatoms. The minimum absolute atomic E-state index is 0.0672. The lowest BCUT2D eigenvalue weighted by molar-refractivity contribution is -0.119. The molecule has 5 nitrogen and oxygen atoms in total. The Morgan fingerprint density at radius 1 is 1.47 bits per heavy atom. The van der Waals surface area contributed by atoms with Crippen LogP contribution < -0.4 is 10.1 Å². The van der Waals surface area contributed by atoms with E-state index in [1.54, 1.807) is 18.2 Å². The summed E-state index contributed by atoms with van der Waals surface area (Å²) in [4.78, 5) is 12.0. The van der Waals surface area contributed by atoms with Crippen LogP contribution in [0, 0.1) is 5.92 Å². The number of sulfone groups is 1. The highest BCUT2D eigenvalue weighted by Gasteiger charge is 2.33. The van der Waals surface area contributed by atoms with Crippen LogP contribution >= 0.6 is 11.6 Å². The maximum Gasteiger partial charge on any atom is 0.228 e. The fourth-order valence-electron chi connectivity index (χ4n) is 2.01. The number of nitrogens with one attached hydrogen (secondary N) is 1. The van der Waals surface area contributed by atoms with E-state index in [1.165, 1.54) is 7.11 Å². The molecule has 19 heavy (non-hydrogen) atoms. The van der Waals surface area contributed by atoms with Gasteiger partial charge in [-0.05, 0) is 24.6 Å². The molecule has 0 radical (unpaired) electrons. The Morgan fingerprint density at radius 2 is 2.21 bits per heavy atom. The van der Waals surface area contributed by atoms with Gasteiger partial charge in [-0.25, -0.2) is 8.42 Å². The maximum absolute atomic E-state index is 12.0. The van der Waals surface area contributed by atoms with Crippen LogP contribution in [0.5, 0.6) is 5.75 Å². The third-order valence-electron chi connectivity index (χ3n) is 3.02. The zero-order chi connectivity index (χ0) is 14.0. The second kappa shape index (κ2) is 5.38. The molecule has 104 valence electrons. The number of methoxy groups -OCH3 is 1. The van der Waals surface area contributed by atoms with Crippen LogP contribution in [0.2, 0.25) is 5.02 Å². The highest BCUT2D eigenvalue weighted by molar-refractivity contribution is 7.91. The molecule has 1 aromatic rings.